The van der Waals surface area contributed by atoms with Crippen LogP contribution in [0.3, 0.4) is 0 Å². The fourth-order valence-electron chi connectivity index (χ4n) is 3.54. The van der Waals surface area contributed by atoms with Crippen molar-refractivity contribution in [3.05, 3.63) is 102 Å². The lowest BCUT2D eigenvalue weighted by Crippen LogP contribution is -2.53. The van der Waals surface area contributed by atoms with Crippen molar-refractivity contribution < 1.29 is 28.1 Å². The molecule has 0 aromatic heterocycles. The number of methoxy groups -OCH3 is 1. The number of hydrogen-bond acceptors (Lipinski definition) is 6. The van der Waals surface area contributed by atoms with E-state index in [9.17, 15) is 18.6 Å². The molecule has 0 aliphatic carbocycles. The van der Waals surface area contributed by atoms with Crippen LogP contribution in [0.25, 0.3) is 0 Å². The van der Waals surface area contributed by atoms with E-state index in [0.29, 0.717) is 4.90 Å². The molecule has 0 fully saturated rings. The fraction of sp³-hybridized carbons (Fsp3) is 0.250. The van der Waals surface area contributed by atoms with Crippen molar-refractivity contribution in [3.8, 4) is 0 Å². The Bertz CT molecular complexity index is 1180. The number of nitrogens with one attached hydrogen (secondary N) is 2. The molecule has 3 aromatic carbocycles. The van der Waals surface area contributed by atoms with Crippen molar-refractivity contribution in [3.63, 3.8) is 0 Å². The van der Waals surface area contributed by atoms with E-state index in [4.69, 9.17) is 9.47 Å². The summed E-state index contributed by atoms with van der Waals surface area (Å²) in [6.45, 7) is 0.0441. The Morgan fingerprint density at radius 2 is 1.35 bits per heavy atom. The zero-order valence-electron chi connectivity index (χ0n) is 20.5. The van der Waals surface area contributed by atoms with Gasteiger partial charge in [-0.3, -0.25) is 9.00 Å². The lowest BCUT2D eigenvalue weighted by atomic mass is 10.0. The molecule has 194 valence electrons. The molecular weight excluding hydrogens is 492 g/mol. The van der Waals surface area contributed by atoms with Crippen LogP contribution in [0, 0.1) is 0 Å². The van der Waals surface area contributed by atoms with E-state index in [1.54, 1.807) is 24.3 Å². The van der Waals surface area contributed by atoms with Crippen LogP contribution < -0.4 is 10.6 Å². The first-order valence-electron chi connectivity index (χ1n) is 11.8. The first-order valence-corrected chi connectivity index (χ1v) is 13.1. The van der Waals surface area contributed by atoms with Gasteiger partial charge >= 0.3 is 12.1 Å². The van der Waals surface area contributed by atoms with Crippen LogP contribution >= 0.6 is 0 Å². The van der Waals surface area contributed by atoms with Gasteiger partial charge < -0.3 is 20.1 Å². The number of rotatable bonds is 12. The van der Waals surface area contributed by atoms with Gasteiger partial charge in [0.05, 0.1) is 17.9 Å². The monoisotopic (exact) mass is 522 g/mol. The van der Waals surface area contributed by atoms with E-state index in [1.807, 2.05) is 66.7 Å². The highest BCUT2D eigenvalue weighted by Crippen LogP contribution is 2.10. The third-order valence-corrected chi connectivity index (χ3v) is 6.91. The standard InChI is InChI=1S/C28H30N2O6S/c1-35-27(32)24(17-18-37(34)23-15-9-4-10-16-23)29-26(31)25(19-21-11-5-2-6-12-21)30-28(33)36-20-22-13-7-3-8-14-22/h2-16,24-25H,17-20H2,1H3,(H,29,31)(H,30,33)/t24-,25+,37-/m0/s1. The summed E-state index contributed by atoms with van der Waals surface area (Å²) in [7, 11) is -0.140. The number of hydrogen-bond donors (Lipinski definition) is 2. The summed E-state index contributed by atoms with van der Waals surface area (Å²) in [6, 6.07) is 25.1. The molecule has 9 heteroatoms. The van der Waals surface area contributed by atoms with E-state index in [2.05, 4.69) is 10.6 Å². The SMILES string of the molecule is COC(=O)[C@H](CC[S@](=O)c1ccccc1)NC(=O)[C@@H](Cc1ccccc1)NC(=O)OCc1ccccc1. The summed E-state index contributed by atoms with van der Waals surface area (Å²) in [5.41, 5.74) is 1.62. The highest BCUT2D eigenvalue weighted by atomic mass is 32.2. The minimum absolute atomic E-state index is 0.0441. The molecule has 0 unspecified atom stereocenters. The Balaban J connectivity index is 1.67. The van der Waals surface area contributed by atoms with Gasteiger partial charge in [0.15, 0.2) is 0 Å². The van der Waals surface area contributed by atoms with Gasteiger partial charge in [-0.15, -0.1) is 0 Å². The second-order valence-electron chi connectivity index (χ2n) is 8.18. The Morgan fingerprint density at radius 3 is 1.95 bits per heavy atom. The van der Waals surface area contributed by atoms with Gasteiger partial charge in [0.1, 0.15) is 18.7 Å². The third kappa shape index (κ3) is 9.20. The van der Waals surface area contributed by atoms with Crippen molar-refractivity contribution in [2.75, 3.05) is 12.9 Å². The molecule has 0 aliphatic rings. The number of benzene rings is 3. The maximum atomic E-state index is 13.2. The summed E-state index contributed by atoms with van der Waals surface area (Å²) >= 11 is 0. The Hall–Kier alpha value is -3.98. The van der Waals surface area contributed by atoms with Crippen LogP contribution in [0.5, 0.6) is 0 Å². The lowest BCUT2D eigenvalue weighted by molar-refractivity contribution is -0.145. The minimum atomic E-state index is -1.36. The second-order valence-corrected chi connectivity index (χ2v) is 9.75. The first-order chi connectivity index (χ1) is 18.0. The van der Waals surface area contributed by atoms with Crippen LogP contribution in [0.4, 0.5) is 4.79 Å². The Kier molecular flexibility index (Phi) is 10.9. The fourth-order valence-corrected chi connectivity index (χ4v) is 4.69. The van der Waals surface area contributed by atoms with Gasteiger partial charge in [0, 0.05) is 17.1 Å². The Morgan fingerprint density at radius 1 is 0.784 bits per heavy atom. The van der Waals surface area contributed by atoms with Crippen LogP contribution in [0.1, 0.15) is 17.5 Å². The average Bonchev–Trinajstić information content (AvgIpc) is 2.94. The summed E-state index contributed by atoms with van der Waals surface area (Å²) in [6.07, 6.45) is -0.493. The van der Waals surface area contributed by atoms with E-state index in [-0.39, 0.29) is 25.2 Å². The molecule has 2 N–H and O–H groups in total. The molecule has 0 heterocycles. The molecule has 2 amide bonds. The van der Waals surface area contributed by atoms with Gasteiger partial charge in [0.2, 0.25) is 5.91 Å². The summed E-state index contributed by atoms with van der Waals surface area (Å²) in [5, 5.41) is 5.26. The van der Waals surface area contributed by atoms with Gasteiger partial charge in [-0.05, 0) is 29.7 Å². The molecule has 37 heavy (non-hydrogen) atoms. The van der Waals surface area contributed by atoms with Gasteiger partial charge in [-0.25, -0.2) is 9.59 Å². The van der Waals surface area contributed by atoms with Crippen molar-refractivity contribution >= 4 is 28.8 Å². The summed E-state index contributed by atoms with van der Waals surface area (Å²) < 4.78 is 22.8. The van der Waals surface area contributed by atoms with Gasteiger partial charge in [-0.1, -0.05) is 78.9 Å². The number of carbonyl (C=O) groups is 3. The normalized spacial score (nSPS) is 13.0. The van der Waals surface area contributed by atoms with Crippen LogP contribution in [0.15, 0.2) is 95.9 Å². The number of carbonyl (C=O) groups excluding carboxylic acids is 3. The maximum Gasteiger partial charge on any atom is 0.408 e. The quantitative estimate of drug-likeness (QED) is 0.353. The average molecular weight is 523 g/mol. The molecule has 0 saturated heterocycles. The number of amides is 2. The van der Waals surface area contributed by atoms with E-state index >= 15 is 0 Å². The van der Waals surface area contributed by atoms with Crippen molar-refractivity contribution in [1.29, 1.82) is 0 Å². The summed E-state index contributed by atoms with van der Waals surface area (Å²) in [4.78, 5) is 38.8. The van der Waals surface area contributed by atoms with Crippen LogP contribution in [0.2, 0.25) is 0 Å². The number of ether oxygens (including phenoxy) is 2. The maximum absolute atomic E-state index is 13.2. The van der Waals surface area contributed by atoms with Crippen LogP contribution in [-0.2, 0) is 42.9 Å². The molecule has 3 aromatic rings. The highest BCUT2D eigenvalue weighted by Gasteiger charge is 2.28. The molecule has 0 spiro atoms. The predicted molar refractivity (Wildman–Crippen MR) is 140 cm³/mol. The smallest absolute Gasteiger partial charge is 0.408 e. The minimum Gasteiger partial charge on any atom is -0.467 e. The largest absolute Gasteiger partial charge is 0.467 e. The van der Waals surface area contributed by atoms with E-state index in [1.165, 1.54) is 7.11 Å². The molecule has 8 nitrogen and oxygen atoms in total. The third-order valence-electron chi connectivity index (χ3n) is 5.50. The Labute approximate surface area is 218 Å². The van der Waals surface area contributed by atoms with Crippen molar-refractivity contribution in [2.24, 2.45) is 0 Å². The van der Waals surface area contributed by atoms with Crippen LogP contribution in [-0.4, -0.2) is 47.1 Å². The number of esters is 1. The van der Waals surface area contributed by atoms with Gasteiger partial charge in [-0.2, -0.15) is 0 Å². The molecule has 0 saturated carbocycles. The lowest BCUT2D eigenvalue weighted by Gasteiger charge is -2.22. The van der Waals surface area contributed by atoms with E-state index < -0.39 is 40.9 Å². The van der Waals surface area contributed by atoms with Crippen molar-refractivity contribution in [2.45, 2.75) is 36.4 Å². The predicted octanol–water partition coefficient (Wildman–Crippen LogP) is 3.38. The topological polar surface area (TPSA) is 111 Å². The van der Waals surface area contributed by atoms with Gasteiger partial charge in [0.25, 0.3) is 0 Å². The molecule has 0 aliphatic heterocycles. The molecule has 3 atom stereocenters. The molecular formula is C28H30N2O6S. The zero-order chi connectivity index (χ0) is 26.5. The zero-order valence-corrected chi connectivity index (χ0v) is 21.3. The van der Waals surface area contributed by atoms with Crippen molar-refractivity contribution in [1.82, 2.24) is 10.6 Å². The first kappa shape index (κ1) is 27.6. The second kappa shape index (κ2) is 14.5. The molecule has 0 radical (unpaired) electrons. The number of alkyl carbamates (subject to hydrolysis) is 1. The highest BCUT2D eigenvalue weighted by molar-refractivity contribution is 7.85. The van der Waals surface area contributed by atoms with E-state index in [0.717, 1.165) is 11.1 Å². The summed E-state index contributed by atoms with van der Waals surface area (Å²) in [5.74, 6) is -1.11. The molecule has 0 bridgehead atoms. The molecule has 3 rings (SSSR count).